The van der Waals surface area contributed by atoms with Gasteiger partial charge in [-0.15, -0.1) is 0 Å². The van der Waals surface area contributed by atoms with Crippen molar-refractivity contribution in [2.45, 2.75) is 12.4 Å². The predicted molar refractivity (Wildman–Crippen MR) is 66.9 cm³/mol. The minimum atomic E-state index is -5.01. The van der Waals surface area contributed by atoms with Gasteiger partial charge < -0.3 is 19.6 Å². The number of benzene rings is 1. The Kier molecular flexibility index (Phi) is 7.19. The van der Waals surface area contributed by atoms with Crippen LogP contribution in [0.4, 0.5) is 26.3 Å². The SMILES string of the molecule is CN(C)C.OB(O)Oc1cc(C(F)(F)F)cc(C(F)(F)F)c1. The second kappa shape index (κ2) is 7.70. The highest BCUT2D eigenvalue weighted by Gasteiger charge is 2.37. The topological polar surface area (TPSA) is 52.9 Å². The predicted octanol–water partition coefficient (Wildman–Crippen LogP) is 2.25. The minimum absolute atomic E-state index is 0.101. The highest BCUT2D eigenvalue weighted by molar-refractivity contribution is 6.33. The summed E-state index contributed by atoms with van der Waals surface area (Å²) in [5.74, 6) is -0.952. The minimum Gasteiger partial charge on any atom is -0.512 e. The lowest BCUT2D eigenvalue weighted by atomic mass is 10.1. The van der Waals surface area contributed by atoms with E-state index in [-0.39, 0.29) is 18.2 Å². The average Bonchev–Trinajstić information content (AvgIpc) is 2.24. The van der Waals surface area contributed by atoms with Crippen molar-refractivity contribution >= 4 is 7.32 Å². The third-order valence-corrected chi connectivity index (χ3v) is 1.80. The van der Waals surface area contributed by atoms with E-state index >= 15 is 0 Å². The Labute approximate surface area is 123 Å². The quantitative estimate of drug-likeness (QED) is 0.644. The lowest BCUT2D eigenvalue weighted by Gasteiger charge is -2.14. The highest BCUT2D eigenvalue weighted by Crippen LogP contribution is 2.38. The van der Waals surface area contributed by atoms with Gasteiger partial charge in [-0.2, -0.15) is 26.3 Å². The van der Waals surface area contributed by atoms with Gasteiger partial charge in [0.25, 0.3) is 0 Å². The van der Waals surface area contributed by atoms with E-state index in [2.05, 4.69) is 4.65 Å². The molecule has 2 N–H and O–H groups in total. The van der Waals surface area contributed by atoms with Crippen molar-refractivity contribution in [3.8, 4) is 5.75 Å². The van der Waals surface area contributed by atoms with E-state index in [1.165, 1.54) is 0 Å². The fourth-order valence-corrected chi connectivity index (χ4v) is 1.12. The summed E-state index contributed by atoms with van der Waals surface area (Å²) < 4.78 is 78.0. The van der Waals surface area contributed by atoms with E-state index in [1.54, 1.807) is 0 Å². The highest BCUT2D eigenvalue weighted by atomic mass is 19.4. The zero-order valence-electron chi connectivity index (χ0n) is 11.8. The van der Waals surface area contributed by atoms with E-state index in [9.17, 15) is 26.3 Å². The van der Waals surface area contributed by atoms with E-state index in [1.807, 2.05) is 26.0 Å². The van der Waals surface area contributed by atoms with Crippen LogP contribution in [0, 0.1) is 0 Å². The zero-order valence-corrected chi connectivity index (χ0v) is 11.8. The van der Waals surface area contributed by atoms with Crippen molar-refractivity contribution < 1.29 is 41.0 Å². The summed E-state index contributed by atoms with van der Waals surface area (Å²) in [5.41, 5.74) is -3.21. The summed E-state index contributed by atoms with van der Waals surface area (Å²) in [6.45, 7) is 0. The van der Waals surface area contributed by atoms with E-state index in [0.717, 1.165) is 0 Å². The molecule has 1 aromatic rings. The van der Waals surface area contributed by atoms with Gasteiger partial charge in [-0.1, -0.05) is 0 Å². The monoisotopic (exact) mass is 333 g/mol. The third-order valence-electron chi connectivity index (χ3n) is 1.80. The van der Waals surface area contributed by atoms with Crippen LogP contribution >= 0.6 is 0 Å². The third kappa shape index (κ3) is 8.10. The lowest BCUT2D eigenvalue weighted by molar-refractivity contribution is -0.143. The Balaban J connectivity index is 0.000000980. The van der Waals surface area contributed by atoms with E-state index in [0.29, 0.717) is 0 Å². The first kappa shape index (κ1) is 20.5. The van der Waals surface area contributed by atoms with Crippen molar-refractivity contribution in [2.24, 2.45) is 0 Å². The first-order chi connectivity index (χ1) is 9.73. The zero-order chi connectivity index (χ0) is 17.7. The van der Waals surface area contributed by atoms with Crippen molar-refractivity contribution in [1.29, 1.82) is 0 Å². The second-order valence-electron chi connectivity index (χ2n) is 4.53. The smallest absolute Gasteiger partial charge is 0.512 e. The summed E-state index contributed by atoms with van der Waals surface area (Å²) in [6, 6.07) is 0.361. The number of halogens is 6. The van der Waals surface area contributed by atoms with Crippen LogP contribution < -0.4 is 4.65 Å². The molecule has 1 aromatic carbocycles. The molecule has 0 unspecified atom stereocenters. The maximum atomic E-state index is 12.3. The molecule has 0 amide bonds. The molecule has 0 atom stereocenters. The summed E-state index contributed by atoms with van der Waals surface area (Å²) in [5, 5.41) is 16.7. The fraction of sp³-hybridized carbons (Fsp3) is 0.455. The number of hydrogen-bond acceptors (Lipinski definition) is 4. The van der Waals surface area contributed by atoms with Crippen molar-refractivity contribution in [3.05, 3.63) is 29.3 Å². The summed E-state index contributed by atoms with van der Waals surface area (Å²) in [6.07, 6.45) is -10.0. The first-order valence-electron chi connectivity index (χ1n) is 5.66. The van der Waals surface area contributed by atoms with Crippen LogP contribution in [0.15, 0.2) is 18.2 Å². The van der Waals surface area contributed by atoms with E-state index < -0.39 is 36.6 Å². The molecule has 0 saturated carbocycles. The number of alkyl halides is 6. The molecule has 0 heterocycles. The van der Waals surface area contributed by atoms with Crippen molar-refractivity contribution in [3.63, 3.8) is 0 Å². The molecule has 1 rings (SSSR count). The van der Waals surface area contributed by atoms with Crippen LogP contribution in [0.3, 0.4) is 0 Å². The number of nitrogens with zero attached hydrogens (tertiary/aromatic N) is 1. The van der Waals surface area contributed by atoms with Crippen LogP contribution in [-0.4, -0.2) is 43.4 Å². The molecule has 0 aliphatic heterocycles. The van der Waals surface area contributed by atoms with Gasteiger partial charge in [0.15, 0.2) is 0 Å². The Morgan fingerprint density at radius 3 is 1.41 bits per heavy atom. The van der Waals surface area contributed by atoms with Gasteiger partial charge in [-0.3, -0.25) is 0 Å². The molecule has 4 nitrogen and oxygen atoms in total. The second-order valence-corrected chi connectivity index (χ2v) is 4.53. The molecule has 0 fully saturated rings. The maximum absolute atomic E-state index is 12.3. The molecule has 11 heteroatoms. The Bertz CT molecular complexity index is 441. The molecule has 0 bridgehead atoms. The molecule has 22 heavy (non-hydrogen) atoms. The molecular weight excluding hydrogens is 319 g/mol. The standard InChI is InChI=1S/C8H5BF6O3.C3H9N/c10-7(11,12)4-1-5(8(13,14)15)3-6(2-4)18-9(16)17;1-4(2)3/h1-3,16-17H;1-3H3. The summed E-state index contributed by atoms with van der Waals surface area (Å²) in [7, 11) is 3.48. The van der Waals surface area contributed by atoms with Crippen LogP contribution in [0.2, 0.25) is 0 Å². The van der Waals surface area contributed by atoms with Crippen LogP contribution in [0.5, 0.6) is 5.75 Å². The van der Waals surface area contributed by atoms with Gasteiger partial charge >= 0.3 is 19.7 Å². The Hall–Kier alpha value is -1.46. The maximum Gasteiger partial charge on any atom is 0.707 e. The van der Waals surface area contributed by atoms with Crippen LogP contribution in [0.1, 0.15) is 11.1 Å². The van der Waals surface area contributed by atoms with Gasteiger partial charge in [0, 0.05) is 0 Å². The van der Waals surface area contributed by atoms with Gasteiger partial charge in [0.1, 0.15) is 5.75 Å². The molecular formula is C11H14BF6NO3. The number of rotatable bonds is 2. The molecule has 126 valence electrons. The van der Waals surface area contributed by atoms with Crippen molar-refractivity contribution in [1.82, 2.24) is 4.90 Å². The molecule has 0 aromatic heterocycles. The average molecular weight is 333 g/mol. The molecule has 0 saturated heterocycles. The van der Waals surface area contributed by atoms with Crippen LogP contribution in [0.25, 0.3) is 0 Å². The Morgan fingerprint density at radius 2 is 1.18 bits per heavy atom. The first-order valence-corrected chi connectivity index (χ1v) is 5.66. The lowest BCUT2D eigenvalue weighted by Crippen LogP contribution is -2.21. The summed E-state index contributed by atoms with van der Waals surface area (Å²) in [4.78, 5) is 2.00. The normalized spacial score (nSPS) is 11.8. The van der Waals surface area contributed by atoms with Gasteiger partial charge in [-0.05, 0) is 39.3 Å². The summed E-state index contributed by atoms with van der Waals surface area (Å²) >= 11 is 0. The molecule has 0 aliphatic carbocycles. The molecule has 0 aliphatic rings. The molecule has 0 radical (unpaired) electrons. The van der Waals surface area contributed by atoms with Crippen molar-refractivity contribution in [2.75, 3.05) is 21.1 Å². The Morgan fingerprint density at radius 1 is 0.864 bits per heavy atom. The van der Waals surface area contributed by atoms with Crippen LogP contribution in [-0.2, 0) is 12.4 Å². The van der Waals surface area contributed by atoms with Gasteiger partial charge in [0.2, 0.25) is 0 Å². The number of hydrogen-bond donors (Lipinski definition) is 2. The van der Waals surface area contributed by atoms with Gasteiger partial charge in [-0.25, -0.2) is 0 Å². The molecule has 0 spiro atoms. The largest absolute Gasteiger partial charge is 0.707 e. The fourth-order valence-electron chi connectivity index (χ4n) is 1.12. The van der Waals surface area contributed by atoms with Gasteiger partial charge in [0.05, 0.1) is 11.1 Å². The van der Waals surface area contributed by atoms with E-state index in [4.69, 9.17) is 10.0 Å².